The van der Waals surface area contributed by atoms with Gasteiger partial charge in [-0.15, -0.1) is 11.6 Å². The van der Waals surface area contributed by atoms with Crippen LogP contribution in [-0.2, 0) is 17.8 Å². The van der Waals surface area contributed by atoms with Crippen LogP contribution in [0.25, 0.3) is 11.3 Å². The topological polar surface area (TPSA) is 46.3 Å². The third-order valence-corrected chi connectivity index (χ3v) is 4.82. The fourth-order valence-corrected chi connectivity index (χ4v) is 2.83. The molecule has 6 heteroatoms. The zero-order valence-electron chi connectivity index (χ0n) is 13.1. The van der Waals surface area contributed by atoms with Crippen LogP contribution in [0.1, 0.15) is 25.1 Å². The number of aromatic nitrogens is 1. The lowest BCUT2D eigenvalue weighted by atomic mass is 9.92. The largest absolute Gasteiger partial charge is 0.356 e. The Kier molecular flexibility index (Phi) is 4.15. The summed E-state index contributed by atoms with van der Waals surface area (Å²) < 4.78 is 18.5. The summed E-state index contributed by atoms with van der Waals surface area (Å²) in [6.45, 7) is 4.69. The van der Waals surface area contributed by atoms with E-state index in [2.05, 4.69) is 5.16 Å². The van der Waals surface area contributed by atoms with E-state index in [4.69, 9.17) is 16.1 Å². The Labute approximate surface area is 139 Å². The zero-order chi connectivity index (χ0) is 16.6. The molecular formula is C17H18ClFN2O2. The van der Waals surface area contributed by atoms with Gasteiger partial charge in [-0.05, 0) is 44.5 Å². The number of hydrogen-bond donors (Lipinski definition) is 0. The molecule has 0 radical (unpaired) electrons. The van der Waals surface area contributed by atoms with Crippen molar-refractivity contribution < 1.29 is 13.7 Å². The van der Waals surface area contributed by atoms with Gasteiger partial charge < -0.3 is 9.42 Å². The Morgan fingerprint density at radius 3 is 2.74 bits per heavy atom. The number of halogens is 2. The summed E-state index contributed by atoms with van der Waals surface area (Å²) in [6.07, 6.45) is 0.662. The Morgan fingerprint density at radius 2 is 2.09 bits per heavy atom. The van der Waals surface area contributed by atoms with Crippen molar-refractivity contribution in [2.45, 2.75) is 26.8 Å². The lowest BCUT2D eigenvalue weighted by Crippen LogP contribution is -2.44. The molecule has 0 N–H and O–H groups in total. The van der Waals surface area contributed by atoms with Gasteiger partial charge >= 0.3 is 0 Å². The lowest BCUT2D eigenvalue weighted by molar-refractivity contribution is -0.140. The van der Waals surface area contributed by atoms with Crippen LogP contribution in [0.4, 0.5) is 4.39 Å². The van der Waals surface area contributed by atoms with Crippen molar-refractivity contribution >= 4 is 17.5 Å². The van der Waals surface area contributed by atoms with Gasteiger partial charge in [0.05, 0.1) is 12.0 Å². The number of alkyl halides is 1. The number of hydrogen-bond acceptors (Lipinski definition) is 3. The minimum Gasteiger partial charge on any atom is -0.356 e. The second-order valence-electron chi connectivity index (χ2n) is 6.44. The predicted octanol–water partition coefficient (Wildman–Crippen LogP) is 3.63. The lowest BCUT2D eigenvalue weighted by Gasteiger charge is -2.32. The van der Waals surface area contributed by atoms with Crippen molar-refractivity contribution in [3.63, 3.8) is 0 Å². The molecule has 1 amide bonds. The zero-order valence-corrected chi connectivity index (χ0v) is 13.9. The molecule has 1 aromatic carbocycles. The van der Waals surface area contributed by atoms with Crippen molar-refractivity contribution in [2.24, 2.45) is 5.41 Å². The molecule has 122 valence electrons. The third-order valence-electron chi connectivity index (χ3n) is 4.15. The van der Waals surface area contributed by atoms with Crippen molar-refractivity contribution in [3.05, 3.63) is 41.3 Å². The maximum atomic E-state index is 13.1. The van der Waals surface area contributed by atoms with Crippen molar-refractivity contribution in [3.8, 4) is 11.3 Å². The highest BCUT2D eigenvalue weighted by molar-refractivity contribution is 6.19. The van der Waals surface area contributed by atoms with Crippen LogP contribution in [0, 0.1) is 11.2 Å². The monoisotopic (exact) mass is 336 g/mol. The molecular weight excluding hydrogens is 319 g/mol. The van der Waals surface area contributed by atoms with E-state index in [1.165, 1.54) is 12.1 Å². The van der Waals surface area contributed by atoms with Crippen LogP contribution in [0.2, 0.25) is 0 Å². The highest BCUT2D eigenvalue weighted by atomic mass is 35.5. The van der Waals surface area contributed by atoms with Gasteiger partial charge in [-0.2, -0.15) is 0 Å². The first-order chi connectivity index (χ1) is 10.9. The molecule has 0 atom stereocenters. The summed E-state index contributed by atoms with van der Waals surface area (Å²) in [5, 5.41) is 4.10. The van der Waals surface area contributed by atoms with Crippen LogP contribution in [0.3, 0.4) is 0 Å². The van der Waals surface area contributed by atoms with Gasteiger partial charge in [0.15, 0.2) is 5.76 Å². The molecule has 0 saturated carbocycles. The Bertz CT molecular complexity index is 725. The highest BCUT2D eigenvalue weighted by Crippen LogP contribution is 2.32. The number of amides is 1. The quantitative estimate of drug-likeness (QED) is 0.804. The number of carbonyl (C=O) groups is 1. The van der Waals surface area contributed by atoms with Crippen LogP contribution in [0.5, 0.6) is 0 Å². The Hall–Kier alpha value is -1.88. The first-order valence-electron chi connectivity index (χ1n) is 7.51. The average Bonchev–Trinajstić information content (AvgIpc) is 2.98. The molecule has 0 unspecified atom stereocenters. The molecule has 1 aliphatic heterocycles. The SMILES string of the molecule is CC(C)(CCl)C(=O)N1CCc2c(noc2-c2ccc(F)cc2)C1. The first kappa shape index (κ1) is 16.0. The molecule has 0 fully saturated rings. The molecule has 1 aromatic heterocycles. The van der Waals surface area contributed by atoms with Gasteiger partial charge in [0.2, 0.25) is 5.91 Å². The summed E-state index contributed by atoms with van der Waals surface area (Å²) in [6, 6.07) is 6.13. The second-order valence-corrected chi connectivity index (χ2v) is 6.71. The third kappa shape index (κ3) is 2.98. The van der Waals surface area contributed by atoms with E-state index in [-0.39, 0.29) is 17.6 Å². The highest BCUT2D eigenvalue weighted by Gasteiger charge is 2.34. The van der Waals surface area contributed by atoms with Gasteiger partial charge in [0.25, 0.3) is 0 Å². The van der Waals surface area contributed by atoms with E-state index in [1.807, 2.05) is 13.8 Å². The van der Waals surface area contributed by atoms with Crippen LogP contribution in [0.15, 0.2) is 28.8 Å². The molecule has 23 heavy (non-hydrogen) atoms. The molecule has 3 rings (SSSR count). The molecule has 4 nitrogen and oxygen atoms in total. The average molecular weight is 337 g/mol. The van der Waals surface area contributed by atoms with Gasteiger partial charge in [-0.1, -0.05) is 5.16 Å². The minimum atomic E-state index is -0.595. The van der Waals surface area contributed by atoms with Gasteiger partial charge in [-0.25, -0.2) is 4.39 Å². The van der Waals surface area contributed by atoms with E-state index in [0.717, 1.165) is 16.8 Å². The molecule has 0 saturated heterocycles. The van der Waals surface area contributed by atoms with E-state index < -0.39 is 5.41 Å². The minimum absolute atomic E-state index is 0.0180. The molecule has 2 heterocycles. The smallest absolute Gasteiger partial charge is 0.229 e. The fraction of sp³-hybridized carbons (Fsp3) is 0.412. The Balaban J connectivity index is 1.84. The molecule has 2 aromatic rings. The first-order valence-corrected chi connectivity index (χ1v) is 8.04. The van der Waals surface area contributed by atoms with Crippen molar-refractivity contribution in [1.29, 1.82) is 0 Å². The number of nitrogens with zero attached hydrogens (tertiary/aromatic N) is 2. The Morgan fingerprint density at radius 1 is 1.39 bits per heavy atom. The fourth-order valence-electron chi connectivity index (χ4n) is 2.72. The standard InChI is InChI=1S/C17H18ClFN2O2/c1-17(2,10-18)16(22)21-8-7-13-14(9-21)20-23-15(13)11-3-5-12(19)6-4-11/h3-6H,7-10H2,1-2H3. The molecule has 1 aliphatic rings. The second kappa shape index (κ2) is 5.96. The van der Waals surface area contributed by atoms with E-state index in [1.54, 1.807) is 17.0 Å². The van der Waals surface area contributed by atoms with E-state index in [0.29, 0.717) is 25.3 Å². The number of rotatable bonds is 3. The summed E-state index contributed by atoms with van der Waals surface area (Å²) in [5.74, 6) is 0.657. The van der Waals surface area contributed by atoms with Gasteiger partial charge in [0.1, 0.15) is 11.5 Å². The molecule has 0 aliphatic carbocycles. The van der Waals surface area contributed by atoms with Crippen LogP contribution in [-0.4, -0.2) is 28.4 Å². The summed E-state index contributed by atoms with van der Waals surface area (Å²) in [5.41, 5.74) is 1.95. The summed E-state index contributed by atoms with van der Waals surface area (Å²) in [4.78, 5) is 14.3. The maximum absolute atomic E-state index is 13.1. The molecule has 0 bridgehead atoms. The van der Waals surface area contributed by atoms with Crippen LogP contribution >= 0.6 is 11.6 Å². The van der Waals surface area contributed by atoms with E-state index in [9.17, 15) is 9.18 Å². The number of carbonyl (C=O) groups excluding carboxylic acids is 1. The van der Waals surface area contributed by atoms with Gasteiger partial charge in [-0.3, -0.25) is 4.79 Å². The van der Waals surface area contributed by atoms with Gasteiger partial charge in [0, 0.05) is 23.6 Å². The number of benzene rings is 1. The van der Waals surface area contributed by atoms with Crippen LogP contribution < -0.4 is 0 Å². The van der Waals surface area contributed by atoms with Crippen molar-refractivity contribution in [2.75, 3.05) is 12.4 Å². The maximum Gasteiger partial charge on any atom is 0.229 e. The predicted molar refractivity (Wildman–Crippen MR) is 85.5 cm³/mol. The molecule has 0 spiro atoms. The summed E-state index contributed by atoms with van der Waals surface area (Å²) >= 11 is 5.89. The number of fused-ring (bicyclic) bond motifs is 1. The van der Waals surface area contributed by atoms with Crippen molar-refractivity contribution in [1.82, 2.24) is 10.1 Å². The summed E-state index contributed by atoms with van der Waals surface area (Å²) in [7, 11) is 0. The van der Waals surface area contributed by atoms with E-state index >= 15 is 0 Å². The normalized spacial score (nSPS) is 14.7.